The van der Waals surface area contributed by atoms with Crippen molar-refractivity contribution in [3.8, 4) is 0 Å². The van der Waals surface area contributed by atoms with Gasteiger partial charge < -0.3 is 5.32 Å². The molecule has 15 heavy (non-hydrogen) atoms. The van der Waals surface area contributed by atoms with Crippen molar-refractivity contribution in [2.45, 2.75) is 46.1 Å². The maximum absolute atomic E-state index is 3.66. The van der Waals surface area contributed by atoms with Crippen molar-refractivity contribution >= 4 is 11.3 Å². The second-order valence-electron chi connectivity index (χ2n) is 4.62. The Morgan fingerprint density at radius 3 is 2.53 bits per heavy atom. The molecule has 2 atom stereocenters. The van der Waals surface area contributed by atoms with Crippen LogP contribution >= 0.6 is 11.3 Å². The molecule has 0 amide bonds. The minimum absolute atomic E-state index is 0.629. The van der Waals surface area contributed by atoms with E-state index in [0.717, 1.165) is 12.5 Å². The lowest BCUT2D eigenvalue weighted by molar-refractivity contribution is 0.381. The van der Waals surface area contributed by atoms with Crippen LogP contribution in [-0.2, 0) is 0 Å². The largest absolute Gasteiger partial charge is 0.313 e. The average Bonchev–Trinajstić information content (AvgIpc) is 2.70. The summed E-state index contributed by atoms with van der Waals surface area (Å²) < 4.78 is 0. The summed E-state index contributed by atoms with van der Waals surface area (Å²) >= 11 is 1.79. The maximum Gasteiger partial charge on any atom is 0.00876 e. The first-order chi connectivity index (χ1) is 7.15. The molecule has 0 radical (unpaired) electrons. The zero-order valence-corrected chi connectivity index (χ0v) is 11.1. The Balaban J connectivity index is 2.36. The van der Waals surface area contributed by atoms with Crippen molar-refractivity contribution in [2.75, 3.05) is 6.54 Å². The number of hydrogen-bond acceptors (Lipinski definition) is 2. The molecule has 1 heterocycles. The van der Waals surface area contributed by atoms with E-state index >= 15 is 0 Å². The summed E-state index contributed by atoms with van der Waals surface area (Å²) in [7, 11) is 0. The molecule has 0 aromatic carbocycles. The van der Waals surface area contributed by atoms with Gasteiger partial charge in [0.1, 0.15) is 0 Å². The van der Waals surface area contributed by atoms with Gasteiger partial charge in [-0.15, -0.1) is 0 Å². The lowest BCUT2D eigenvalue weighted by atomic mass is 9.99. The van der Waals surface area contributed by atoms with Crippen LogP contribution in [-0.4, -0.2) is 12.6 Å². The predicted octanol–water partition coefficient (Wildman–Crippen LogP) is 3.88. The Labute approximate surface area is 97.9 Å². The number of rotatable bonds is 6. The van der Waals surface area contributed by atoms with E-state index in [1.54, 1.807) is 11.3 Å². The van der Waals surface area contributed by atoms with Gasteiger partial charge >= 0.3 is 0 Å². The molecule has 1 N–H and O–H groups in total. The Morgan fingerprint density at radius 1 is 1.33 bits per heavy atom. The molecule has 0 aliphatic carbocycles. The molecule has 0 spiro atoms. The molecule has 2 heteroatoms. The van der Waals surface area contributed by atoms with Crippen molar-refractivity contribution < 1.29 is 0 Å². The Hall–Kier alpha value is -0.340. The van der Waals surface area contributed by atoms with E-state index in [2.05, 4.69) is 49.8 Å². The van der Waals surface area contributed by atoms with Crippen molar-refractivity contribution in [2.24, 2.45) is 5.92 Å². The van der Waals surface area contributed by atoms with Crippen LogP contribution in [0.1, 0.15) is 45.6 Å². The third kappa shape index (κ3) is 3.96. The highest BCUT2D eigenvalue weighted by Crippen LogP contribution is 2.18. The van der Waals surface area contributed by atoms with Crippen LogP contribution in [0.5, 0.6) is 0 Å². The normalized spacial score (nSPS) is 15.5. The molecule has 0 aliphatic heterocycles. The van der Waals surface area contributed by atoms with Gasteiger partial charge in [-0.2, -0.15) is 11.3 Å². The molecular weight excluding hydrogens is 202 g/mol. The molecule has 2 unspecified atom stereocenters. The minimum atomic E-state index is 0.629. The second-order valence-corrected chi connectivity index (χ2v) is 5.40. The van der Waals surface area contributed by atoms with E-state index in [1.165, 1.54) is 12.0 Å². The van der Waals surface area contributed by atoms with Crippen LogP contribution in [0.15, 0.2) is 16.8 Å². The van der Waals surface area contributed by atoms with Crippen LogP contribution in [0.4, 0.5) is 0 Å². The fourth-order valence-corrected chi connectivity index (χ4v) is 2.64. The minimum Gasteiger partial charge on any atom is -0.313 e. The highest BCUT2D eigenvalue weighted by atomic mass is 32.1. The zero-order valence-electron chi connectivity index (χ0n) is 10.3. The highest BCUT2D eigenvalue weighted by molar-refractivity contribution is 7.07. The van der Waals surface area contributed by atoms with Crippen LogP contribution in [0.3, 0.4) is 0 Å². The quantitative estimate of drug-likeness (QED) is 0.775. The van der Waals surface area contributed by atoms with E-state index in [9.17, 15) is 0 Å². The van der Waals surface area contributed by atoms with Crippen molar-refractivity contribution in [1.29, 1.82) is 0 Å². The molecule has 86 valence electrons. The summed E-state index contributed by atoms with van der Waals surface area (Å²) in [6.07, 6.45) is 1.22. The Morgan fingerprint density at radius 2 is 2.07 bits per heavy atom. The van der Waals surface area contributed by atoms with Crippen LogP contribution < -0.4 is 5.32 Å². The number of hydrogen-bond donors (Lipinski definition) is 1. The fourth-order valence-electron chi connectivity index (χ4n) is 1.85. The van der Waals surface area contributed by atoms with Gasteiger partial charge in [0, 0.05) is 12.6 Å². The maximum atomic E-state index is 3.66. The fraction of sp³-hybridized carbons (Fsp3) is 0.692. The van der Waals surface area contributed by atoms with Gasteiger partial charge in [0.2, 0.25) is 0 Å². The molecule has 0 saturated heterocycles. The smallest absolute Gasteiger partial charge is 0.00876 e. The van der Waals surface area contributed by atoms with E-state index < -0.39 is 0 Å². The molecule has 0 bridgehead atoms. The standard InChI is InChI=1S/C13H23NS/c1-5-13(10(2)3)14-8-11(4)12-6-7-15-9-12/h6-7,9-11,13-14H,5,8H2,1-4H3. The highest BCUT2D eigenvalue weighted by Gasteiger charge is 2.12. The third-order valence-electron chi connectivity index (χ3n) is 3.04. The third-order valence-corrected chi connectivity index (χ3v) is 3.74. The van der Waals surface area contributed by atoms with E-state index in [0.29, 0.717) is 12.0 Å². The topological polar surface area (TPSA) is 12.0 Å². The van der Waals surface area contributed by atoms with E-state index in [-0.39, 0.29) is 0 Å². The summed E-state index contributed by atoms with van der Waals surface area (Å²) in [6.45, 7) is 10.2. The van der Waals surface area contributed by atoms with Gasteiger partial charge in [-0.3, -0.25) is 0 Å². The van der Waals surface area contributed by atoms with Crippen molar-refractivity contribution in [3.63, 3.8) is 0 Å². The van der Waals surface area contributed by atoms with Gasteiger partial charge in [-0.05, 0) is 40.6 Å². The van der Waals surface area contributed by atoms with Crippen molar-refractivity contribution in [3.05, 3.63) is 22.4 Å². The summed E-state index contributed by atoms with van der Waals surface area (Å²) in [5.74, 6) is 1.36. The zero-order chi connectivity index (χ0) is 11.3. The second kappa shape index (κ2) is 6.29. The van der Waals surface area contributed by atoms with Gasteiger partial charge in [0.15, 0.2) is 0 Å². The van der Waals surface area contributed by atoms with Gasteiger partial charge in [-0.1, -0.05) is 27.7 Å². The van der Waals surface area contributed by atoms with Crippen molar-refractivity contribution in [1.82, 2.24) is 5.32 Å². The molecule has 0 aliphatic rings. The first-order valence-electron chi connectivity index (χ1n) is 5.90. The Kier molecular flexibility index (Phi) is 5.34. The summed E-state index contributed by atoms with van der Waals surface area (Å²) in [6, 6.07) is 2.89. The predicted molar refractivity (Wildman–Crippen MR) is 69.7 cm³/mol. The number of nitrogens with one attached hydrogen (secondary N) is 1. The lowest BCUT2D eigenvalue weighted by Crippen LogP contribution is -2.35. The monoisotopic (exact) mass is 225 g/mol. The molecular formula is C13H23NS. The van der Waals surface area contributed by atoms with Gasteiger partial charge in [-0.25, -0.2) is 0 Å². The molecule has 1 rings (SSSR count). The average molecular weight is 225 g/mol. The Bertz CT molecular complexity index is 254. The molecule has 0 fully saturated rings. The van der Waals surface area contributed by atoms with Gasteiger partial charge in [0.25, 0.3) is 0 Å². The lowest BCUT2D eigenvalue weighted by Gasteiger charge is -2.22. The SMILES string of the molecule is CCC(NCC(C)c1ccsc1)C(C)C. The van der Waals surface area contributed by atoms with Crippen LogP contribution in [0.25, 0.3) is 0 Å². The van der Waals surface area contributed by atoms with E-state index in [1.807, 2.05) is 0 Å². The summed E-state index contributed by atoms with van der Waals surface area (Å²) in [5.41, 5.74) is 1.46. The van der Waals surface area contributed by atoms with Crippen LogP contribution in [0.2, 0.25) is 0 Å². The van der Waals surface area contributed by atoms with Gasteiger partial charge in [0.05, 0.1) is 0 Å². The van der Waals surface area contributed by atoms with E-state index in [4.69, 9.17) is 0 Å². The molecule has 0 saturated carbocycles. The summed E-state index contributed by atoms with van der Waals surface area (Å²) in [5, 5.41) is 8.07. The first-order valence-corrected chi connectivity index (χ1v) is 6.84. The molecule has 1 nitrogen and oxygen atoms in total. The number of thiophene rings is 1. The summed E-state index contributed by atoms with van der Waals surface area (Å²) in [4.78, 5) is 0. The molecule has 1 aromatic heterocycles. The van der Waals surface area contributed by atoms with Crippen LogP contribution in [0, 0.1) is 5.92 Å². The first kappa shape index (κ1) is 12.7. The molecule has 1 aromatic rings.